The van der Waals surface area contributed by atoms with E-state index >= 15 is 0 Å². The van der Waals surface area contributed by atoms with Crippen LogP contribution in [0.25, 0.3) is 0 Å². The van der Waals surface area contributed by atoms with E-state index in [0.717, 1.165) is 12.8 Å². The summed E-state index contributed by atoms with van der Waals surface area (Å²) in [6.07, 6.45) is 1.48. The predicted molar refractivity (Wildman–Crippen MR) is 60.6 cm³/mol. The fourth-order valence-electron chi connectivity index (χ4n) is 1.26. The predicted octanol–water partition coefficient (Wildman–Crippen LogP) is -0.378. The molecule has 0 spiro atoms. The molecule has 0 fully saturated rings. The second-order valence-electron chi connectivity index (χ2n) is 4.78. The Morgan fingerprint density at radius 2 is 1.62 bits per heavy atom. The van der Waals surface area contributed by atoms with Crippen LogP contribution in [0.2, 0.25) is 0 Å². The Hall–Kier alpha value is -0.670. The van der Waals surface area contributed by atoms with Crippen molar-refractivity contribution in [3.05, 3.63) is 0 Å². The van der Waals surface area contributed by atoms with Crippen LogP contribution in [-0.2, 0) is 0 Å². The standard InChI is InChI=1S/C11H22N2O3/c1-10(2,6-12)4-3-5-13-11(7-14,8-15)9-16/h13-16H,3-5,7-9H2,1-2H3. The van der Waals surface area contributed by atoms with E-state index in [4.69, 9.17) is 20.6 Å². The van der Waals surface area contributed by atoms with Crippen molar-refractivity contribution in [2.75, 3.05) is 26.4 Å². The number of aliphatic hydroxyl groups excluding tert-OH is 3. The maximum atomic E-state index is 9.05. The van der Waals surface area contributed by atoms with Gasteiger partial charge in [-0.15, -0.1) is 0 Å². The molecule has 0 aromatic rings. The molecule has 5 heteroatoms. The zero-order chi connectivity index (χ0) is 12.7. The second kappa shape index (κ2) is 6.81. The largest absolute Gasteiger partial charge is 0.394 e. The Morgan fingerprint density at radius 3 is 2.00 bits per heavy atom. The molecule has 0 aliphatic rings. The van der Waals surface area contributed by atoms with Crippen molar-refractivity contribution in [3.63, 3.8) is 0 Å². The maximum absolute atomic E-state index is 9.05. The number of nitrogens with one attached hydrogen (secondary N) is 1. The summed E-state index contributed by atoms with van der Waals surface area (Å²) in [4.78, 5) is 0. The molecule has 0 unspecified atom stereocenters. The highest BCUT2D eigenvalue weighted by Crippen LogP contribution is 2.20. The minimum atomic E-state index is -1.02. The molecule has 0 saturated carbocycles. The highest BCUT2D eigenvalue weighted by atomic mass is 16.3. The highest BCUT2D eigenvalue weighted by Gasteiger charge is 2.27. The number of rotatable bonds is 8. The van der Waals surface area contributed by atoms with Crippen LogP contribution < -0.4 is 5.32 Å². The number of hydrogen-bond acceptors (Lipinski definition) is 5. The van der Waals surface area contributed by atoms with Crippen molar-refractivity contribution in [3.8, 4) is 6.07 Å². The minimum absolute atomic E-state index is 0.318. The van der Waals surface area contributed by atoms with Crippen molar-refractivity contribution in [1.82, 2.24) is 5.32 Å². The Bertz CT molecular complexity index is 224. The molecule has 0 rings (SSSR count). The SMILES string of the molecule is CC(C)(C#N)CCCNC(CO)(CO)CO. The Balaban J connectivity index is 3.94. The van der Waals surface area contributed by atoms with Gasteiger partial charge in [0.15, 0.2) is 0 Å². The third-order valence-corrected chi connectivity index (χ3v) is 2.69. The summed E-state index contributed by atoms with van der Waals surface area (Å²) in [6.45, 7) is 3.33. The van der Waals surface area contributed by atoms with Crippen LogP contribution in [0, 0.1) is 16.7 Å². The Morgan fingerprint density at radius 1 is 1.12 bits per heavy atom. The fraction of sp³-hybridized carbons (Fsp3) is 0.909. The lowest BCUT2D eigenvalue weighted by Crippen LogP contribution is -2.55. The molecule has 0 radical (unpaired) electrons. The summed E-state index contributed by atoms with van der Waals surface area (Å²) in [5.74, 6) is 0. The molecule has 0 aliphatic carbocycles. The van der Waals surface area contributed by atoms with E-state index < -0.39 is 5.54 Å². The summed E-state index contributed by atoms with van der Waals surface area (Å²) in [7, 11) is 0. The van der Waals surface area contributed by atoms with Crippen molar-refractivity contribution in [1.29, 1.82) is 5.26 Å². The summed E-state index contributed by atoms with van der Waals surface area (Å²) in [6, 6.07) is 2.20. The summed E-state index contributed by atoms with van der Waals surface area (Å²) < 4.78 is 0. The lowest BCUT2D eigenvalue weighted by molar-refractivity contribution is 0.0422. The van der Waals surface area contributed by atoms with Gasteiger partial charge < -0.3 is 20.6 Å². The van der Waals surface area contributed by atoms with E-state index in [0.29, 0.717) is 6.54 Å². The quantitative estimate of drug-likeness (QED) is 0.426. The molecule has 0 atom stereocenters. The van der Waals surface area contributed by atoms with E-state index in [-0.39, 0.29) is 25.2 Å². The molecule has 4 N–H and O–H groups in total. The Kier molecular flexibility index (Phi) is 6.53. The van der Waals surface area contributed by atoms with Crippen LogP contribution in [0.5, 0.6) is 0 Å². The summed E-state index contributed by atoms with van der Waals surface area (Å²) in [5.41, 5.74) is -1.38. The van der Waals surface area contributed by atoms with E-state index in [1.54, 1.807) is 0 Å². The third-order valence-electron chi connectivity index (χ3n) is 2.69. The van der Waals surface area contributed by atoms with E-state index in [1.807, 2.05) is 13.8 Å². The van der Waals surface area contributed by atoms with Gasteiger partial charge in [0.25, 0.3) is 0 Å². The van der Waals surface area contributed by atoms with Crippen molar-refractivity contribution >= 4 is 0 Å². The maximum Gasteiger partial charge on any atom is 0.0881 e. The molecule has 5 nitrogen and oxygen atoms in total. The van der Waals surface area contributed by atoms with Gasteiger partial charge in [-0.2, -0.15) is 5.26 Å². The van der Waals surface area contributed by atoms with Crippen molar-refractivity contribution in [2.24, 2.45) is 5.41 Å². The molecule has 94 valence electrons. The van der Waals surface area contributed by atoms with Gasteiger partial charge in [-0.1, -0.05) is 0 Å². The average Bonchev–Trinajstić information content (AvgIpc) is 2.30. The first-order valence-electron chi connectivity index (χ1n) is 5.44. The van der Waals surface area contributed by atoms with Crippen molar-refractivity contribution < 1.29 is 15.3 Å². The first-order valence-corrected chi connectivity index (χ1v) is 5.44. The minimum Gasteiger partial charge on any atom is -0.394 e. The zero-order valence-electron chi connectivity index (χ0n) is 10.0. The van der Waals surface area contributed by atoms with Crippen LogP contribution >= 0.6 is 0 Å². The van der Waals surface area contributed by atoms with Gasteiger partial charge in [0.05, 0.1) is 36.8 Å². The number of aliphatic hydroxyl groups is 3. The first kappa shape index (κ1) is 15.3. The van der Waals surface area contributed by atoms with Crippen LogP contribution in [-0.4, -0.2) is 47.2 Å². The van der Waals surface area contributed by atoms with Gasteiger partial charge >= 0.3 is 0 Å². The van der Waals surface area contributed by atoms with Crippen LogP contribution in [0.3, 0.4) is 0 Å². The monoisotopic (exact) mass is 230 g/mol. The van der Waals surface area contributed by atoms with Crippen LogP contribution in [0.4, 0.5) is 0 Å². The van der Waals surface area contributed by atoms with E-state index in [1.165, 1.54) is 0 Å². The number of nitrogens with zero attached hydrogens (tertiary/aromatic N) is 1. The second-order valence-corrected chi connectivity index (χ2v) is 4.78. The molecule has 0 amide bonds. The average molecular weight is 230 g/mol. The number of nitriles is 1. The molecular weight excluding hydrogens is 208 g/mol. The van der Waals surface area contributed by atoms with Gasteiger partial charge in [-0.25, -0.2) is 0 Å². The molecule has 16 heavy (non-hydrogen) atoms. The fourth-order valence-corrected chi connectivity index (χ4v) is 1.26. The van der Waals surface area contributed by atoms with Gasteiger partial charge in [-0.3, -0.25) is 0 Å². The lowest BCUT2D eigenvalue weighted by Gasteiger charge is -2.29. The van der Waals surface area contributed by atoms with Gasteiger partial charge in [-0.05, 0) is 33.2 Å². The van der Waals surface area contributed by atoms with E-state index in [2.05, 4.69) is 11.4 Å². The van der Waals surface area contributed by atoms with Crippen LogP contribution in [0.1, 0.15) is 26.7 Å². The molecule has 0 heterocycles. The smallest absolute Gasteiger partial charge is 0.0881 e. The number of hydrogen-bond donors (Lipinski definition) is 4. The van der Waals surface area contributed by atoms with E-state index in [9.17, 15) is 0 Å². The third kappa shape index (κ3) is 4.90. The zero-order valence-corrected chi connectivity index (χ0v) is 10.0. The topological polar surface area (TPSA) is 96.5 Å². The molecule has 0 aliphatic heterocycles. The molecular formula is C11H22N2O3. The molecule has 0 bridgehead atoms. The van der Waals surface area contributed by atoms with Crippen LogP contribution in [0.15, 0.2) is 0 Å². The van der Waals surface area contributed by atoms with Gasteiger partial charge in [0, 0.05) is 0 Å². The lowest BCUT2D eigenvalue weighted by atomic mass is 9.89. The van der Waals surface area contributed by atoms with Crippen molar-refractivity contribution in [2.45, 2.75) is 32.2 Å². The molecule has 0 aromatic heterocycles. The molecule has 0 aromatic carbocycles. The van der Waals surface area contributed by atoms with Gasteiger partial charge in [0.1, 0.15) is 0 Å². The van der Waals surface area contributed by atoms with Gasteiger partial charge in [0.2, 0.25) is 0 Å². The summed E-state index contributed by atoms with van der Waals surface area (Å²) >= 11 is 0. The normalized spacial score (nSPS) is 12.5. The summed E-state index contributed by atoms with van der Waals surface area (Å²) in [5, 5.41) is 38.9. The first-order chi connectivity index (χ1) is 7.45. The highest BCUT2D eigenvalue weighted by molar-refractivity contribution is 4.92. The Labute approximate surface area is 96.7 Å². The molecule has 0 saturated heterocycles.